The molecule has 0 saturated heterocycles. The molecule has 0 aliphatic heterocycles. The van der Waals surface area contributed by atoms with Crippen molar-refractivity contribution in [2.24, 2.45) is 0 Å². The van der Waals surface area contributed by atoms with Crippen molar-refractivity contribution < 1.29 is 19.6 Å². The molecule has 0 atom stereocenters. The Labute approximate surface area is 126 Å². The highest BCUT2D eigenvalue weighted by molar-refractivity contribution is 6.03. The van der Waals surface area contributed by atoms with E-state index in [0.717, 1.165) is 6.07 Å². The maximum absolute atomic E-state index is 11.8. The molecule has 1 N–H and O–H groups in total. The van der Waals surface area contributed by atoms with Crippen LogP contribution in [0.1, 0.15) is 30.6 Å². The number of methoxy groups -OCH3 is 1. The molecule has 1 heterocycles. The van der Waals surface area contributed by atoms with Gasteiger partial charge in [-0.05, 0) is 20.3 Å². The van der Waals surface area contributed by atoms with Crippen molar-refractivity contribution in [3.05, 3.63) is 34.0 Å². The first-order chi connectivity index (χ1) is 10.2. The molecule has 0 unspecified atom stereocenters. The van der Waals surface area contributed by atoms with Crippen molar-refractivity contribution in [3.63, 3.8) is 0 Å². The molecule has 2 aromatic rings. The Morgan fingerprint density at radius 3 is 2.73 bits per heavy atom. The van der Waals surface area contributed by atoms with Gasteiger partial charge in [-0.1, -0.05) is 0 Å². The van der Waals surface area contributed by atoms with Crippen LogP contribution in [0.25, 0.3) is 10.9 Å². The highest BCUT2D eigenvalue weighted by Crippen LogP contribution is 2.25. The third kappa shape index (κ3) is 3.40. The molecule has 1 aromatic heterocycles. The lowest BCUT2D eigenvalue weighted by atomic mass is 10.1. The Morgan fingerprint density at radius 2 is 2.18 bits per heavy atom. The van der Waals surface area contributed by atoms with Gasteiger partial charge in [0.15, 0.2) is 0 Å². The SMILES string of the molecule is COC(=O)c1cc([N+](=O)[O-])cc2cn(CCC(C)(C)O)nc12. The summed E-state index contributed by atoms with van der Waals surface area (Å²) in [6, 6.07) is 2.51. The number of nitrogens with zero attached hydrogens (tertiary/aromatic N) is 3. The van der Waals surface area contributed by atoms with Crippen LogP contribution in [0.5, 0.6) is 0 Å². The van der Waals surface area contributed by atoms with Gasteiger partial charge >= 0.3 is 5.97 Å². The maximum atomic E-state index is 11.8. The highest BCUT2D eigenvalue weighted by atomic mass is 16.6. The average Bonchev–Trinajstić information content (AvgIpc) is 2.85. The van der Waals surface area contributed by atoms with Crippen molar-refractivity contribution in [2.75, 3.05) is 7.11 Å². The number of nitro benzene ring substituents is 1. The van der Waals surface area contributed by atoms with Gasteiger partial charge in [0, 0.05) is 30.3 Å². The summed E-state index contributed by atoms with van der Waals surface area (Å²) >= 11 is 0. The van der Waals surface area contributed by atoms with Crippen LogP contribution in [0.2, 0.25) is 0 Å². The zero-order chi connectivity index (χ0) is 16.5. The van der Waals surface area contributed by atoms with E-state index in [1.54, 1.807) is 24.7 Å². The minimum atomic E-state index is -0.852. The monoisotopic (exact) mass is 307 g/mol. The number of hydrogen-bond donors (Lipinski definition) is 1. The molecule has 8 heteroatoms. The van der Waals surface area contributed by atoms with Gasteiger partial charge < -0.3 is 9.84 Å². The Balaban J connectivity index is 2.49. The summed E-state index contributed by atoms with van der Waals surface area (Å²) in [5, 5.41) is 25.5. The summed E-state index contributed by atoms with van der Waals surface area (Å²) in [5.74, 6) is -0.679. The van der Waals surface area contributed by atoms with Crippen LogP contribution in [0, 0.1) is 10.1 Å². The molecule has 0 aliphatic rings. The first-order valence-corrected chi connectivity index (χ1v) is 6.67. The molecular weight excluding hydrogens is 290 g/mol. The topological polar surface area (TPSA) is 107 Å². The molecule has 0 spiro atoms. The van der Waals surface area contributed by atoms with Crippen LogP contribution >= 0.6 is 0 Å². The Bertz CT molecular complexity index is 730. The van der Waals surface area contributed by atoms with Gasteiger partial charge in [0.2, 0.25) is 0 Å². The number of aliphatic hydroxyl groups is 1. The van der Waals surface area contributed by atoms with Gasteiger partial charge in [0.1, 0.15) is 5.52 Å². The minimum absolute atomic E-state index is 0.0497. The van der Waals surface area contributed by atoms with E-state index in [1.807, 2.05) is 0 Å². The maximum Gasteiger partial charge on any atom is 0.340 e. The Morgan fingerprint density at radius 1 is 1.50 bits per heavy atom. The average molecular weight is 307 g/mol. The fourth-order valence-electron chi connectivity index (χ4n) is 2.04. The lowest BCUT2D eigenvalue weighted by Gasteiger charge is -2.16. The molecule has 118 valence electrons. The van der Waals surface area contributed by atoms with Gasteiger partial charge in [0.25, 0.3) is 5.69 Å². The second kappa shape index (κ2) is 5.72. The second-order valence-electron chi connectivity index (χ2n) is 5.63. The minimum Gasteiger partial charge on any atom is -0.465 e. The lowest BCUT2D eigenvalue weighted by molar-refractivity contribution is -0.384. The number of nitro groups is 1. The molecule has 0 saturated carbocycles. The zero-order valence-corrected chi connectivity index (χ0v) is 12.6. The zero-order valence-electron chi connectivity index (χ0n) is 12.6. The van der Waals surface area contributed by atoms with Crippen molar-refractivity contribution in [1.29, 1.82) is 0 Å². The third-order valence-corrected chi connectivity index (χ3v) is 3.21. The molecule has 2 rings (SSSR count). The lowest BCUT2D eigenvalue weighted by Crippen LogP contribution is -2.21. The quantitative estimate of drug-likeness (QED) is 0.513. The molecule has 0 radical (unpaired) electrons. The normalized spacial score (nSPS) is 11.6. The number of aryl methyl sites for hydroxylation is 1. The summed E-state index contributed by atoms with van der Waals surface area (Å²) in [6.45, 7) is 3.79. The smallest absolute Gasteiger partial charge is 0.340 e. The highest BCUT2D eigenvalue weighted by Gasteiger charge is 2.20. The molecule has 0 aliphatic carbocycles. The van der Waals surface area contributed by atoms with E-state index in [1.165, 1.54) is 13.2 Å². The number of carbonyl (C=O) groups is 1. The van der Waals surface area contributed by atoms with Crippen molar-refractivity contribution in [1.82, 2.24) is 9.78 Å². The number of benzene rings is 1. The van der Waals surface area contributed by atoms with Crippen LogP contribution in [-0.2, 0) is 11.3 Å². The second-order valence-corrected chi connectivity index (χ2v) is 5.63. The standard InChI is InChI=1S/C14H17N3O5/c1-14(2,19)4-5-16-8-9-6-10(17(20)21)7-11(12(9)15-16)13(18)22-3/h6-8,19H,4-5H2,1-3H3. The van der Waals surface area contributed by atoms with E-state index in [4.69, 9.17) is 0 Å². The van der Waals surface area contributed by atoms with Crippen LogP contribution in [0.3, 0.4) is 0 Å². The Hall–Kier alpha value is -2.48. The van der Waals surface area contributed by atoms with E-state index in [0.29, 0.717) is 23.9 Å². The Kier molecular flexibility index (Phi) is 4.14. The number of esters is 1. The third-order valence-electron chi connectivity index (χ3n) is 3.21. The number of rotatable bonds is 5. The number of carbonyl (C=O) groups excluding carboxylic acids is 1. The summed E-state index contributed by atoms with van der Waals surface area (Å²) in [6.07, 6.45) is 2.07. The van der Waals surface area contributed by atoms with Crippen molar-refractivity contribution >= 4 is 22.6 Å². The fourth-order valence-corrected chi connectivity index (χ4v) is 2.04. The van der Waals surface area contributed by atoms with Crippen molar-refractivity contribution in [2.45, 2.75) is 32.4 Å². The first-order valence-electron chi connectivity index (χ1n) is 6.67. The molecule has 8 nitrogen and oxygen atoms in total. The summed E-state index contributed by atoms with van der Waals surface area (Å²) < 4.78 is 6.21. The summed E-state index contributed by atoms with van der Waals surface area (Å²) in [4.78, 5) is 22.2. The number of ether oxygens (including phenoxy) is 1. The number of hydrogen-bond acceptors (Lipinski definition) is 6. The number of aromatic nitrogens is 2. The number of non-ortho nitro benzene ring substituents is 1. The predicted octanol–water partition coefficient (Wildman–Crippen LogP) is 1.89. The summed E-state index contributed by atoms with van der Waals surface area (Å²) in [7, 11) is 1.21. The fraction of sp³-hybridized carbons (Fsp3) is 0.429. The molecule has 1 aromatic carbocycles. The molecule has 0 bridgehead atoms. The molecule has 22 heavy (non-hydrogen) atoms. The van der Waals surface area contributed by atoms with Gasteiger partial charge in [-0.2, -0.15) is 5.10 Å². The van der Waals surface area contributed by atoms with Crippen LogP contribution < -0.4 is 0 Å². The van der Waals surface area contributed by atoms with E-state index < -0.39 is 16.5 Å². The van der Waals surface area contributed by atoms with Crippen LogP contribution in [0.4, 0.5) is 5.69 Å². The number of fused-ring (bicyclic) bond motifs is 1. The van der Waals surface area contributed by atoms with E-state index in [2.05, 4.69) is 9.84 Å². The summed E-state index contributed by atoms with van der Waals surface area (Å²) in [5.41, 5.74) is -0.660. The largest absolute Gasteiger partial charge is 0.465 e. The molecule has 0 fully saturated rings. The van der Waals surface area contributed by atoms with Gasteiger partial charge in [-0.25, -0.2) is 4.79 Å². The van der Waals surface area contributed by atoms with Crippen LogP contribution in [0.15, 0.2) is 18.3 Å². The van der Waals surface area contributed by atoms with Crippen LogP contribution in [-0.4, -0.2) is 38.5 Å². The van der Waals surface area contributed by atoms with Gasteiger partial charge in [0.05, 0.1) is 23.2 Å². The molecule has 0 amide bonds. The van der Waals surface area contributed by atoms with Gasteiger partial charge in [-0.3, -0.25) is 14.8 Å². The predicted molar refractivity (Wildman–Crippen MR) is 78.6 cm³/mol. The van der Waals surface area contributed by atoms with E-state index in [9.17, 15) is 20.0 Å². The first kappa shape index (κ1) is 15.9. The van der Waals surface area contributed by atoms with E-state index in [-0.39, 0.29) is 11.3 Å². The van der Waals surface area contributed by atoms with Gasteiger partial charge in [-0.15, -0.1) is 0 Å². The molecular formula is C14H17N3O5. The van der Waals surface area contributed by atoms with Crippen molar-refractivity contribution in [3.8, 4) is 0 Å². The van der Waals surface area contributed by atoms with E-state index >= 15 is 0 Å².